The summed E-state index contributed by atoms with van der Waals surface area (Å²) in [6, 6.07) is 0. The molecule has 0 aliphatic heterocycles. The number of unbranched alkanes of at least 4 members (excludes halogenated alkanes) is 2. The molecule has 0 fully saturated rings. The van der Waals surface area contributed by atoms with E-state index in [1.807, 2.05) is 13.8 Å². The van der Waals surface area contributed by atoms with Crippen molar-refractivity contribution in [1.29, 1.82) is 0 Å². The maximum atomic E-state index is 14.1. The zero-order valence-electron chi connectivity index (χ0n) is 30.3. The molecule has 0 saturated carbocycles. The highest BCUT2D eigenvalue weighted by molar-refractivity contribution is 7.59. The normalized spacial score (nSPS) is 16.0. The Morgan fingerprint density at radius 3 is 1.13 bits per heavy atom. The van der Waals surface area contributed by atoms with Crippen LogP contribution in [0.2, 0.25) is 0 Å². The standard InChI is InChI=1S/C30H66O12P4/c1-11-29(45(33,39-16-6)40-17-7)30(46(34,41-18-8)42-19-9)24-22-20-21-23-28(44(32,37-14-4)38-15-5)26-25-27(10)43(31,35-12-2)36-13-3/h27-30H,11-26H2,1-10H3. The second-order valence-electron chi connectivity index (χ2n) is 10.8. The van der Waals surface area contributed by atoms with Crippen LogP contribution in [-0.4, -0.2) is 75.5 Å². The van der Waals surface area contributed by atoms with E-state index in [1.54, 1.807) is 55.4 Å². The van der Waals surface area contributed by atoms with E-state index < -0.39 is 53.0 Å². The Balaban J connectivity index is 6.03. The van der Waals surface area contributed by atoms with Crippen molar-refractivity contribution in [2.75, 3.05) is 52.9 Å². The van der Waals surface area contributed by atoms with Gasteiger partial charge in [-0.2, -0.15) is 0 Å². The van der Waals surface area contributed by atoms with E-state index in [0.717, 1.165) is 0 Å². The Labute approximate surface area is 280 Å². The molecule has 0 spiro atoms. The van der Waals surface area contributed by atoms with Gasteiger partial charge in [-0.1, -0.05) is 33.1 Å². The summed E-state index contributed by atoms with van der Waals surface area (Å²) < 4.78 is 101. The summed E-state index contributed by atoms with van der Waals surface area (Å²) in [4.78, 5) is 0. The van der Waals surface area contributed by atoms with Gasteiger partial charge in [0.05, 0.1) is 75.5 Å². The molecule has 0 aliphatic carbocycles. The fourth-order valence-corrected chi connectivity index (χ4v) is 15.1. The van der Waals surface area contributed by atoms with Crippen molar-refractivity contribution < 1.29 is 54.5 Å². The average Bonchev–Trinajstić information content (AvgIpc) is 2.98. The highest BCUT2D eigenvalue weighted by Gasteiger charge is 2.49. The summed E-state index contributed by atoms with van der Waals surface area (Å²) in [5.74, 6) is 0. The summed E-state index contributed by atoms with van der Waals surface area (Å²) in [5.41, 5.74) is -2.17. The lowest BCUT2D eigenvalue weighted by Gasteiger charge is -2.35. The summed E-state index contributed by atoms with van der Waals surface area (Å²) in [7, 11) is -14.1. The van der Waals surface area contributed by atoms with Gasteiger partial charge in [0.1, 0.15) is 0 Å². The van der Waals surface area contributed by atoms with Crippen LogP contribution in [0.15, 0.2) is 0 Å². The van der Waals surface area contributed by atoms with Gasteiger partial charge in [-0.25, -0.2) is 0 Å². The van der Waals surface area contributed by atoms with Gasteiger partial charge in [0.15, 0.2) is 0 Å². The molecule has 0 radical (unpaired) electrons. The minimum atomic E-state index is -3.67. The summed E-state index contributed by atoms with van der Waals surface area (Å²) in [5, 5.41) is 0. The third kappa shape index (κ3) is 14.8. The molecule has 0 aromatic carbocycles. The number of rotatable bonds is 31. The Hall–Kier alpha value is 0.600. The molecule has 0 aromatic rings. The van der Waals surface area contributed by atoms with Crippen LogP contribution >= 0.6 is 30.4 Å². The maximum absolute atomic E-state index is 14.1. The number of hydrogen-bond donors (Lipinski definition) is 0. The van der Waals surface area contributed by atoms with Gasteiger partial charge in [0, 0.05) is 0 Å². The van der Waals surface area contributed by atoms with E-state index >= 15 is 0 Å². The Kier molecular flexibility index (Phi) is 25.0. The van der Waals surface area contributed by atoms with Crippen LogP contribution in [0, 0.1) is 0 Å². The van der Waals surface area contributed by atoms with Crippen molar-refractivity contribution in [3.05, 3.63) is 0 Å². The van der Waals surface area contributed by atoms with Gasteiger partial charge in [-0.05, 0) is 87.5 Å². The molecule has 12 nitrogen and oxygen atoms in total. The highest BCUT2D eigenvalue weighted by atomic mass is 31.2. The fourth-order valence-electron chi connectivity index (χ4n) is 5.67. The Bertz CT molecular complexity index is 942. The van der Waals surface area contributed by atoms with Crippen LogP contribution in [-0.2, 0) is 54.5 Å². The zero-order chi connectivity index (χ0) is 35.3. The van der Waals surface area contributed by atoms with Gasteiger partial charge in [-0.15, -0.1) is 0 Å². The van der Waals surface area contributed by atoms with Gasteiger partial charge in [-0.3, -0.25) is 18.3 Å². The monoisotopic (exact) mass is 742 g/mol. The van der Waals surface area contributed by atoms with Crippen LogP contribution in [0.1, 0.15) is 121 Å². The first-order valence-electron chi connectivity index (χ1n) is 17.3. The lowest BCUT2D eigenvalue weighted by atomic mass is 10.0. The molecule has 0 heterocycles. The smallest absolute Gasteiger partial charge is 0.309 e. The first kappa shape index (κ1) is 46.6. The lowest BCUT2D eigenvalue weighted by Crippen LogP contribution is -2.30. The topological polar surface area (TPSA) is 142 Å². The highest BCUT2D eigenvalue weighted by Crippen LogP contribution is 2.66. The third-order valence-corrected chi connectivity index (χ3v) is 18.5. The van der Waals surface area contributed by atoms with E-state index in [0.29, 0.717) is 51.4 Å². The molecule has 0 N–H and O–H groups in total. The van der Waals surface area contributed by atoms with Crippen LogP contribution in [0.4, 0.5) is 0 Å². The molecule has 0 rings (SSSR count). The second-order valence-corrected chi connectivity index (χ2v) is 20.1. The van der Waals surface area contributed by atoms with E-state index in [4.69, 9.17) is 36.2 Å². The van der Waals surface area contributed by atoms with Crippen LogP contribution in [0.3, 0.4) is 0 Å². The molecule has 0 aliphatic rings. The maximum Gasteiger partial charge on any atom is 0.334 e. The molecule has 0 bridgehead atoms. The van der Waals surface area contributed by atoms with Gasteiger partial charge in [0.25, 0.3) is 0 Å². The van der Waals surface area contributed by atoms with Crippen molar-refractivity contribution in [3.8, 4) is 0 Å². The van der Waals surface area contributed by atoms with Crippen molar-refractivity contribution in [3.63, 3.8) is 0 Å². The van der Waals surface area contributed by atoms with Crippen LogP contribution < -0.4 is 0 Å². The molecule has 46 heavy (non-hydrogen) atoms. The van der Waals surface area contributed by atoms with E-state index in [2.05, 4.69) is 0 Å². The van der Waals surface area contributed by atoms with Gasteiger partial charge < -0.3 is 36.2 Å². The average molecular weight is 743 g/mol. The van der Waals surface area contributed by atoms with Crippen molar-refractivity contribution >= 4 is 30.4 Å². The summed E-state index contributed by atoms with van der Waals surface area (Å²) in [6.45, 7) is 19.6. The molecule has 16 heteroatoms. The van der Waals surface area contributed by atoms with Crippen molar-refractivity contribution in [2.45, 2.75) is 143 Å². The Morgan fingerprint density at radius 1 is 0.391 bits per heavy atom. The second kappa shape index (κ2) is 24.7. The number of hydrogen-bond acceptors (Lipinski definition) is 12. The SMILES string of the molecule is CCOP(=O)(OCC)C(C)CCC(CCCCCC(C(CC)P(=O)(OCC)OCC)P(=O)(OCC)OCC)P(=O)(OCC)OCC. The molecule has 278 valence electrons. The zero-order valence-corrected chi connectivity index (χ0v) is 33.9. The molecule has 0 saturated heterocycles. The van der Waals surface area contributed by atoms with E-state index in [1.165, 1.54) is 0 Å². The van der Waals surface area contributed by atoms with Gasteiger partial charge in [0.2, 0.25) is 0 Å². The van der Waals surface area contributed by atoms with E-state index in [9.17, 15) is 18.3 Å². The first-order valence-corrected chi connectivity index (χ1v) is 23.8. The summed E-state index contributed by atoms with van der Waals surface area (Å²) >= 11 is 0. The predicted molar refractivity (Wildman–Crippen MR) is 187 cm³/mol. The summed E-state index contributed by atoms with van der Waals surface area (Å²) in [6.07, 6.45) is 4.31. The molecular formula is C30H66O12P4. The molecule has 4 unspecified atom stereocenters. The predicted octanol–water partition coefficient (Wildman–Crippen LogP) is 10.7. The van der Waals surface area contributed by atoms with Gasteiger partial charge >= 0.3 is 30.4 Å². The van der Waals surface area contributed by atoms with Crippen LogP contribution in [0.5, 0.6) is 0 Å². The molecule has 0 amide bonds. The molecule has 0 aromatic heterocycles. The molecule has 4 atom stereocenters. The molecular weight excluding hydrogens is 676 g/mol. The van der Waals surface area contributed by atoms with Crippen molar-refractivity contribution in [1.82, 2.24) is 0 Å². The fraction of sp³-hybridized carbons (Fsp3) is 1.00. The minimum Gasteiger partial charge on any atom is -0.309 e. The largest absolute Gasteiger partial charge is 0.334 e. The quantitative estimate of drug-likeness (QED) is 0.0492. The Morgan fingerprint density at radius 2 is 0.739 bits per heavy atom. The first-order chi connectivity index (χ1) is 21.8. The third-order valence-electron chi connectivity index (χ3n) is 7.59. The van der Waals surface area contributed by atoms with E-state index in [-0.39, 0.29) is 52.9 Å². The van der Waals surface area contributed by atoms with Crippen molar-refractivity contribution in [2.24, 2.45) is 0 Å². The minimum absolute atomic E-state index is 0.182. The lowest BCUT2D eigenvalue weighted by molar-refractivity contribution is 0.191. The van der Waals surface area contributed by atoms with Crippen LogP contribution in [0.25, 0.3) is 0 Å².